The molecule has 1 aromatic heterocycles. The zero-order valence-electron chi connectivity index (χ0n) is 31.1. The summed E-state index contributed by atoms with van der Waals surface area (Å²) in [6.07, 6.45) is 8.77. The van der Waals surface area contributed by atoms with E-state index in [1.165, 1.54) is 58.1 Å². The van der Waals surface area contributed by atoms with Gasteiger partial charge in [-0.15, -0.1) is 6.58 Å². The van der Waals surface area contributed by atoms with Gasteiger partial charge in [-0.25, -0.2) is 14.6 Å². The standard InChI is InChI=1S/C33H43N5O8.C5H10/c1-10-19-15-33(19,30(42)45-9)37-28(40)23-13-20(16-38(23)29(41)27(32(4,5)6)36-31(43)34-7)46-25-14-22(18(3)39)35-26-17(2)24(44-8)12-11-21(25)26;1-2-4-5-3-1/h10-12,14,19-20,23,27H,1,13,15-16H2,2-9H3,(H,37,40)(H2,34,36,43);1-5H2/t19-,20-,23+,27-,33-;/m1./s1. The Hall–Kier alpha value is -4.68. The highest BCUT2D eigenvalue weighted by Crippen LogP contribution is 2.46. The van der Waals surface area contributed by atoms with E-state index in [-0.39, 0.29) is 30.4 Å². The fourth-order valence-electron chi connectivity index (χ4n) is 6.82. The van der Waals surface area contributed by atoms with E-state index in [2.05, 4.69) is 27.5 Å². The molecule has 4 amide bonds. The molecule has 1 aromatic carbocycles. The first-order valence-corrected chi connectivity index (χ1v) is 17.6. The zero-order chi connectivity index (χ0) is 37.7. The highest BCUT2D eigenvalue weighted by Gasteiger charge is 2.62. The fourth-order valence-corrected chi connectivity index (χ4v) is 6.82. The average molecular weight is 708 g/mol. The second-order valence-corrected chi connectivity index (χ2v) is 14.6. The number of hydrogen-bond acceptors (Lipinski definition) is 9. The SMILES string of the molecule is C1CCCC1.C=C[C@@H]1C[C@]1(NC(=O)[C@@H]1C[C@@H](Oc2cc(C(C)=O)nc3c(C)c(OC)ccc23)CN1C(=O)[C@@H](NC(=O)NC)C(C)(C)C)C(=O)OC. The second kappa shape index (κ2) is 16.1. The number of aromatic nitrogens is 1. The monoisotopic (exact) mass is 707 g/mol. The van der Waals surface area contributed by atoms with Crippen LogP contribution in [0.4, 0.5) is 4.79 Å². The van der Waals surface area contributed by atoms with Crippen LogP contribution in [0.25, 0.3) is 10.9 Å². The summed E-state index contributed by atoms with van der Waals surface area (Å²) in [5, 5.41) is 8.64. The first-order chi connectivity index (χ1) is 24.1. The van der Waals surface area contributed by atoms with Crippen molar-refractivity contribution in [3.63, 3.8) is 0 Å². The summed E-state index contributed by atoms with van der Waals surface area (Å²) in [5.41, 5.74) is -0.578. The van der Waals surface area contributed by atoms with E-state index in [0.717, 1.165) is 5.56 Å². The number of urea groups is 1. The lowest BCUT2D eigenvalue weighted by Crippen LogP contribution is -2.60. The molecule has 2 aliphatic carbocycles. The van der Waals surface area contributed by atoms with E-state index in [1.54, 1.807) is 52.2 Å². The van der Waals surface area contributed by atoms with Crippen LogP contribution in [-0.2, 0) is 19.1 Å². The number of likely N-dealkylation sites (tertiary alicyclic amines) is 1. The van der Waals surface area contributed by atoms with Crippen LogP contribution in [0.3, 0.4) is 0 Å². The topological polar surface area (TPSA) is 165 Å². The lowest BCUT2D eigenvalue weighted by Gasteiger charge is -2.35. The molecule has 2 heterocycles. The summed E-state index contributed by atoms with van der Waals surface area (Å²) in [7, 11) is 4.23. The summed E-state index contributed by atoms with van der Waals surface area (Å²) in [6, 6.07) is 2.50. The van der Waals surface area contributed by atoms with Crippen LogP contribution in [0, 0.1) is 18.3 Å². The molecular formula is C38H53N5O8. The maximum atomic E-state index is 14.2. The van der Waals surface area contributed by atoms with E-state index in [9.17, 15) is 24.0 Å². The number of amides is 4. The van der Waals surface area contributed by atoms with Crippen molar-refractivity contribution >= 4 is 40.5 Å². The van der Waals surface area contributed by atoms with Gasteiger partial charge in [0.1, 0.15) is 40.9 Å². The molecule has 3 fully saturated rings. The number of ether oxygens (including phenoxy) is 3. The Morgan fingerprint density at radius 2 is 1.71 bits per heavy atom. The Balaban J connectivity index is 0.00000107. The molecule has 0 spiro atoms. The molecule has 2 saturated carbocycles. The van der Waals surface area contributed by atoms with Crippen LogP contribution in [0.2, 0.25) is 0 Å². The molecule has 5 atom stereocenters. The van der Waals surface area contributed by atoms with Gasteiger partial charge in [0.2, 0.25) is 11.8 Å². The van der Waals surface area contributed by atoms with Gasteiger partial charge in [0, 0.05) is 43.3 Å². The van der Waals surface area contributed by atoms with E-state index < -0.39 is 53.0 Å². The van der Waals surface area contributed by atoms with Gasteiger partial charge in [-0.2, -0.15) is 0 Å². The largest absolute Gasteiger partial charge is 0.496 e. The van der Waals surface area contributed by atoms with Crippen LogP contribution in [0.5, 0.6) is 11.5 Å². The normalized spacial score (nSPS) is 22.9. The highest BCUT2D eigenvalue weighted by molar-refractivity contribution is 5.99. The van der Waals surface area contributed by atoms with Gasteiger partial charge in [-0.1, -0.05) is 59.0 Å². The van der Waals surface area contributed by atoms with Crippen LogP contribution >= 0.6 is 0 Å². The molecule has 278 valence electrons. The number of hydrogen-bond donors (Lipinski definition) is 3. The Bertz CT molecular complexity index is 1660. The molecule has 0 unspecified atom stereocenters. The molecular weight excluding hydrogens is 654 g/mol. The summed E-state index contributed by atoms with van der Waals surface area (Å²) in [4.78, 5) is 71.6. The van der Waals surface area contributed by atoms with E-state index in [4.69, 9.17) is 14.2 Å². The van der Waals surface area contributed by atoms with Crippen molar-refractivity contribution in [2.45, 2.75) is 103 Å². The summed E-state index contributed by atoms with van der Waals surface area (Å²) < 4.78 is 16.9. The third-order valence-electron chi connectivity index (χ3n) is 9.93. The number of rotatable bonds is 10. The third-order valence-corrected chi connectivity index (χ3v) is 9.93. The number of carbonyl (C=O) groups is 5. The molecule has 13 heteroatoms. The van der Waals surface area contributed by atoms with E-state index in [1.807, 2.05) is 6.92 Å². The average Bonchev–Trinajstić information content (AvgIpc) is 3.43. The van der Waals surface area contributed by atoms with Crippen molar-refractivity contribution < 1.29 is 38.2 Å². The maximum Gasteiger partial charge on any atom is 0.332 e. The Kier molecular flexibility index (Phi) is 12.4. The fraction of sp³-hybridized carbons (Fsp3) is 0.579. The maximum absolute atomic E-state index is 14.2. The number of fused-ring (bicyclic) bond motifs is 1. The molecule has 5 rings (SSSR count). The van der Waals surface area contributed by atoms with Crippen molar-refractivity contribution in [3.8, 4) is 11.5 Å². The summed E-state index contributed by atoms with van der Waals surface area (Å²) >= 11 is 0. The first-order valence-electron chi connectivity index (χ1n) is 17.6. The minimum Gasteiger partial charge on any atom is -0.496 e. The van der Waals surface area contributed by atoms with Crippen LogP contribution < -0.4 is 25.4 Å². The lowest BCUT2D eigenvalue weighted by molar-refractivity contribution is -0.148. The van der Waals surface area contributed by atoms with Crippen molar-refractivity contribution in [1.29, 1.82) is 0 Å². The Morgan fingerprint density at radius 1 is 1.06 bits per heavy atom. The number of Topliss-reactive ketones (excluding diaryl/α,β-unsaturated/α-hetero) is 1. The van der Waals surface area contributed by atoms with E-state index >= 15 is 0 Å². The van der Waals surface area contributed by atoms with Gasteiger partial charge in [-0.3, -0.25) is 14.4 Å². The number of benzene rings is 1. The zero-order valence-corrected chi connectivity index (χ0v) is 31.1. The molecule has 3 N–H and O–H groups in total. The number of nitrogens with one attached hydrogen (secondary N) is 3. The quantitative estimate of drug-likeness (QED) is 0.181. The highest BCUT2D eigenvalue weighted by atomic mass is 16.5. The minimum absolute atomic E-state index is 0.0105. The molecule has 51 heavy (non-hydrogen) atoms. The Labute approximate surface area is 300 Å². The minimum atomic E-state index is -1.28. The van der Waals surface area contributed by atoms with Gasteiger partial charge in [0.05, 0.1) is 26.3 Å². The van der Waals surface area contributed by atoms with Crippen LogP contribution in [0.15, 0.2) is 30.9 Å². The Morgan fingerprint density at radius 3 is 2.22 bits per heavy atom. The second-order valence-electron chi connectivity index (χ2n) is 14.6. The molecule has 1 saturated heterocycles. The number of aryl methyl sites for hydroxylation is 1. The van der Waals surface area contributed by atoms with Gasteiger partial charge >= 0.3 is 12.0 Å². The number of pyridine rings is 1. The van der Waals surface area contributed by atoms with E-state index in [0.29, 0.717) is 28.8 Å². The molecule has 2 aromatic rings. The summed E-state index contributed by atoms with van der Waals surface area (Å²) in [5.74, 6) is -1.30. The number of methoxy groups -OCH3 is 2. The number of ketones is 1. The van der Waals surface area contributed by atoms with Gasteiger partial charge in [0.15, 0.2) is 5.78 Å². The molecule has 13 nitrogen and oxygen atoms in total. The van der Waals surface area contributed by atoms with Gasteiger partial charge in [-0.05, 0) is 30.9 Å². The molecule has 3 aliphatic rings. The number of carbonyl (C=O) groups excluding carboxylic acids is 5. The van der Waals surface area contributed by atoms with Crippen molar-refractivity contribution in [2.24, 2.45) is 11.3 Å². The van der Waals surface area contributed by atoms with Crippen molar-refractivity contribution in [3.05, 3.63) is 42.1 Å². The summed E-state index contributed by atoms with van der Waals surface area (Å²) in [6.45, 7) is 12.4. The predicted octanol–water partition coefficient (Wildman–Crippen LogP) is 4.63. The van der Waals surface area contributed by atoms with Crippen molar-refractivity contribution in [1.82, 2.24) is 25.8 Å². The predicted molar refractivity (Wildman–Crippen MR) is 193 cm³/mol. The van der Waals surface area contributed by atoms with Gasteiger partial charge < -0.3 is 35.1 Å². The smallest absolute Gasteiger partial charge is 0.332 e. The van der Waals surface area contributed by atoms with Crippen LogP contribution in [0.1, 0.15) is 88.7 Å². The third kappa shape index (κ3) is 8.62. The first kappa shape index (κ1) is 39.1. The molecule has 1 aliphatic heterocycles. The number of nitrogens with zero attached hydrogens (tertiary/aromatic N) is 2. The van der Waals surface area contributed by atoms with Crippen LogP contribution in [-0.4, -0.2) is 91.0 Å². The molecule has 0 bridgehead atoms. The van der Waals surface area contributed by atoms with Crippen molar-refractivity contribution in [2.75, 3.05) is 27.8 Å². The number of esters is 1. The lowest BCUT2D eigenvalue weighted by atomic mass is 9.85. The van der Waals surface area contributed by atoms with Gasteiger partial charge in [0.25, 0.3) is 0 Å². The molecule has 0 radical (unpaired) electrons.